The Morgan fingerprint density at radius 2 is 1.72 bits per heavy atom. The zero-order valence-electron chi connectivity index (χ0n) is 15.9. The lowest BCUT2D eigenvalue weighted by Crippen LogP contribution is -2.35. The van der Waals surface area contributed by atoms with Crippen LogP contribution in [0, 0.1) is 0 Å². The van der Waals surface area contributed by atoms with Gasteiger partial charge in [-0.1, -0.05) is 58.5 Å². The highest BCUT2D eigenvalue weighted by Gasteiger charge is 2.47. The second-order valence-corrected chi connectivity index (χ2v) is 8.73. The summed E-state index contributed by atoms with van der Waals surface area (Å²) in [6, 6.07) is 8.09. The minimum absolute atomic E-state index is 0.104. The number of anilines is 2. The van der Waals surface area contributed by atoms with E-state index in [0.717, 1.165) is 0 Å². The van der Waals surface area contributed by atoms with E-state index in [9.17, 15) is 18.0 Å². The van der Waals surface area contributed by atoms with Crippen molar-refractivity contribution in [2.75, 3.05) is 10.6 Å². The van der Waals surface area contributed by atoms with Crippen molar-refractivity contribution in [3.8, 4) is 0 Å². The fourth-order valence-corrected chi connectivity index (χ4v) is 4.27. The topological polar surface area (TPSA) is 59.0 Å². The van der Waals surface area contributed by atoms with Crippen molar-refractivity contribution < 1.29 is 18.0 Å². The van der Waals surface area contributed by atoms with Gasteiger partial charge >= 0.3 is 6.18 Å². The van der Waals surface area contributed by atoms with Crippen molar-refractivity contribution in [1.29, 1.82) is 0 Å². The monoisotopic (exact) mass is 522 g/mol. The summed E-state index contributed by atoms with van der Waals surface area (Å²) in [4.78, 5) is 12.7. The van der Waals surface area contributed by atoms with Crippen LogP contribution in [0.3, 0.4) is 0 Å². The van der Waals surface area contributed by atoms with Gasteiger partial charge in [0.2, 0.25) is 0 Å². The maximum atomic E-state index is 13.9. The molecule has 2 N–H and O–H groups in total. The Hall–Kier alpha value is -2.13. The molecule has 1 amide bonds. The first-order valence-corrected chi connectivity index (χ1v) is 10.7. The van der Waals surface area contributed by atoms with Crippen LogP contribution < -0.4 is 10.6 Å². The van der Waals surface area contributed by atoms with Crippen LogP contribution in [0.15, 0.2) is 42.5 Å². The van der Waals surface area contributed by atoms with E-state index in [4.69, 9.17) is 46.4 Å². The molecule has 0 aliphatic carbocycles. The second kappa shape index (κ2) is 8.67. The van der Waals surface area contributed by atoms with Gasteiger partial charge in [0, 0.05) is 16.5 Å². The molecule has 1 aliphatic heterocycles. The van der Waals surface area contributed by atoms with Gasteiger partial charge in [0.05, 0.1) is 16.8 Å². The molecule has 0 saturated carbocycles. The van der Waals surface area contributed by atoms with Crippen molar-refractivity contribution in [1.82, 2.24) is 9.78 Å². The molecule has 2 atom stereocenters. The maximum Gasteiger partial charge on any atom is 0.410 e. The number of nitrogens with zero attached hydrogens (tertiary/aromatic N) is 2. The van der Waals surface area contributed by atoms with Crippen LogP contribution >= 0.6 is 46.4 Å². The van der Waals surface area contributed by atoms with E-state index in [1.54, 1.807) is 24.3 Å². The number of hydrogen-bond acceptors (Lipinski definition) is 3. The number of carbonyl (C=O) groups is 1. The quantitative estimate of drug-likeness (QED) is 0.375. The summed E-state index contributed by atoms with van der Waals surface area (Å²) in [5.74, 6) is -0.917. The fourth-order valence-electron chi connectivity index (χ4n) is 3.42. The molecule has 32 heavy (non-hydrogen) atoms. The van der Waals surface area contributed by atoms with Gasteiger partial charge in [-0.05, 0) is 35.9 Å². The molecule has 2 heterocycles. The van der Waals surface area contributed by atoms with Gasteiger partial charge in [-0.3, -0.25) is 4.79 Å². The number of hydrogen-bond donors (Lipinski definition) is 2. The van der Waals surface area contributed by atoms with Crippen molar-refractivity contribution in [3.05, 3.63) is 73.8 Å². The Labute approximate surface area is 200 Å². The molecule has 168 valence electrons. The molecule has 0 saturated heterocycles. The van der Waals surface area contributed by atoms with E-state index < -0.39 is 24.2 Å². The fraction of sp³-hybridized carbons (Fsp3) is 0.200. The summed E-state index contributed by atoms with van der Waals surface area (Å²) in [5, 5.41) is 10.1. The highest BCUT2D eigenvalue weighted by Crippen LogP contribution is 2.46. The van der Waals surface area contributed by atoms with Crippen molar-refractivity contribution in [3.63, 3.8) is 0 Å². The first-order chi connectivity index (χ1) is 15.0. The van der Waals surface area contributed by atoms with Crippen molar-refractivity contribution in [2.45, 2.75) is 24.7 Å². The normalized spacial score (nSPS) is 18.1. The molecule has 0 fully saturated rings. The third kappa shape index (κ3) is 4.50. The van der Waals surface area contributed by atoms with Gasteiger partial charge < -0.3 is 10.6 Å². The second-order valence-electron chi connectivity index (χ2n) is 7.08. The molecule has 1 aromatic heterocycles. The van der Waals surface area contributed by atoms with E-state index in [1.807, 2.05) is 0 Å². The van der Waals surface area contributed by atoms with E-state index >= 15 is 0 Å². The van der Waals surface area contributed by atoms with Gasteiger partial charge in [-0.15, -0.1) is 0 Å². The Morgan fingerprint density at radius 3 is 2.34 bits per heavy atom. The van der Waals surface area contributed by atoms with Crippen molar-refractivity contribution >= 4 is 63.8 Å². The first-order valence-electron chi connectivity index (χ1n) is 9.17. The molecule has 1 aliphatic rings. The minimum Gasteiger partial charge on any atom is -0.362 e. The molecule has 2 aromatic carbocycles. The van der Waals surface area contributed by atoms with Crippen LogP contribution in [0.1, 0.15) is 34.6 Å². The molecule has 0 bridgehead atoms. The first kappa shape index (κ1) is 23.0. The Balaban J connectivity index is 1.70. The molecule has 12 heteroatoms. The lowest BCUT2D eigenvalue weighted by atomic mass is 9.97. The van der Waals surface area contributed by atoms with Crippen LogP contribution in [-0.4, -0.2) is 21.9 Å². The minimum atomic E-state index is -4.62. The molecule has 5 nitrogen and oxygen atoms in total. The molecule has 2 unspecified atom stereocenters. The van der Waals surface area contributed by atoms with Gasteiger partial charge in [-0.25, -0.2) is 4.68 Å². The summed E-state index contributed by atoms with van der Waals surface area (Å²) in [6.07, 6.45) is -4.97. The van der Waals surface area contributed by atoms with Crippen LogP contribution in [0.4, 0.5) is 24.7 Å². The number of alkyl halides is 3. The lowest BCUT2D eigenvalue weighted by Gasteiger charge is -2.33. The molecule has 0 radical (unpaired) electrons. The third-order valence-corrected chi connectivity index (χ3v) is 6.12. The maximum absolute atomic E-state index is 13.9. The zero-order valence-corrected chi connectivity index (χ0v) is 18.9. The SMILES string of the molecule is O=C(Nc1ccc(Cl)cc1Cl)c1nn2c(c1Cl)NC(c1ccc(Cl)cc1)CC2C(F)(F)F. The number of rotatable bonds is 3. The van der Waals surface area contributed by atoms with E-state index in [0.29, 0.717) is 20.3 Å². The van der Waals surface area contributed by atoms with Crippen molar-refractivity contribution in [2.24, 2.45) is 0 Å². The Kier molecular flexibility index (Phi) is 6.24. The van der Waals surface area contributed by atoms with Gasteiger partial charge in [-0.2, -0.15) is 18.3 Å². The summed E-state index contributed by atoms with van der Waals surface area (Å²) in [5.41, 5.74) is 0.430. The van der Waals surface area contributed by atoms with Gasteiger partial charge in [0.1, 0.15) is 10.8 Å². The van der Waals surface area contributed by atoms with E-state index in [1.165, 1.54) is 18.2 Å². The van der Waals surface area contributed by atoms with Crippen LogP contribution in [-0.2, 0) is 0 Å². The summed E-state index contributed by atoms with van der Waals surface area (Å²) < 4.78 is 42.3. The van der Waals surface area contributed by atoms with E-state index in [-0.39, 0.29) is 33.7 Å². The largest absolute Gasteiger partial charge is 0.410 e. The average molecular weight is 524 g/mol. The van der Waals surface area contributed by atoms with E-state index in [2.05, 4.69) is 15.7 Å². The summed E-state index contributed by atoms with van der Waals surface area (Å²) in [6.45, 7) is 0. The summed E-state index contributed by atoms with van der Waals surface area (Å²) >= 11 is 24.1. The molecule has 3 aromatic rings. The van der Waals surface area contributed by atoms with Crippen LogP contribution in [0.5, 0.6) is 0 Å². The van der Waals surface area contributed by atoms with Crippen LogP contribution in [0.25, 0.3) is 0 Å². The highest BCUT2D eigenvalue weighted by atomic mass is 35.5. The number of fused-ring (bicyclic) bond motifs is 1. The van der Waals surface area contributed by atoms with Crippen LogP contribution in [0.2, 0.25) is 20.1 Å². The molecule has 4 rings (SSSR count). The standard InChI is InChI=1S/C20H13Cl4F3N4O/c21-10-3-1-9(2-4-10)14-8-15(20(25,26)27)31-18(28-14)16(24)17(30-31)19(32)29-13-6-5-11(22)7-12(13)23/h1-7,14-15,28H,8H2,(H,29,32). The lowest BCUT2D eigenvalue weighted by molar-refractivity contribution is -0.173. The average Bonchev–Trinajstić information content (AvgIpc) is 3.06. The molecule has 0 spiro atoms. The number of halogens is 7. The number of aromatic nitrogens is 2. The zero-order chi connectivity index (χ0) is 23.2. The van der Waals surface area contributed by atoms with Gasteiger partial charge in [0.15, 0.2) is 11.7 Å². The number of nitrogens with one attached hydrogen (secondary N) is 2. The Morgan fingerprint density at radius 1 is 1.06 bits per heavy atom. The number of benzene rings is 2. The third-order valence-electron chi connectivity index (χ3n) is 4.96. The number of amides is 1. The predicted molar refractivity (Wildman–Crippen MR) is 119 cm³/mol. The number of carbonyl (C=O) groups excluding carboxylic acids is 1. The smallest absolute Gasteiger partial charge is 0.362 e. The summed E-state index contributed by atoms with van der Waals surface area (Å²) in [7, 11) is 0. The predicted octanol–water partition coefficient (Wildman–Crippen LogP) is 7.41. The highest BCUT2D eigenvalue weighted by molar-refractivity contribution is 6.38. The van der Waals surface area contributed by atoms with Gasteiger partial charge in [0.25, 0.3) is 5.91 Å². The molecular formula is C20H13Cl4F3N4O. The Bertz CT molecular complexity index is 1180. The molecular weight excluding hydrogens is 511 g/mol.